The molecule has 0 aliphatic rings. The second-order valence-electron chi connectivity index (χ2n) is 3.91. The number of hydrogen-bond acceptors (Lipinski definition) is 5. The van der Waals surface area contributed by atoms with Gasteiger partial charge in [-0.3, -0.25) is 0 Å². The molecule has 92 valence electrons. The van der Waals surface area contributed by atoms with E-state index in [0.29, 0.717) is 11.5 Å². The van der Waals surface area contributed by atoms with Crippen molar-refractivity contribution in [3.63, 3.8) is 0 Å². The summed E-state index contributed by atoms with van der Waals surface area (Å²) < 4.78 is 0. The summed E-state index contributed by atoms with van der Waals surface area (Å²) in [6, 6.07) is 0. The number of fused-ring (bicyclic) bond motifs is 1. The normalized spacial score (nSPS) is 11.1. The number of nitrogens with one attached hydrogen (secondary N) is 1. The maximum atomic E-state index is 5.73. The maximum absolute atomic E-state index is 5.73. The van der Waals surface area contributed by atoms with Gasteiger partial charge in [-0.15, -0.1) is 0 Å². The van der Waals surface area contributed by atoms with Crippen molar-refractivity contribution in [1.29, 1.82) is 0 Å². The molecule has 2 rings (SSSR count). The molecule has 0 bridgehead atoms. The van der Waals surface area contributed by atoms with Crippen LogP contribution in [-0.2, 0) is 0 Å². The molecule has 0 unspecified atom stereocenters. The first-order valence-electron chi connectivity index (χ1n) is 5.90. The molecule has 0 radical (unpaired) electrons. The number of hydrogen-bond donors (Lipinski definition) is 2. The molecular weight excluding hydrogens is 234 g/mol. The minimum Gasteiger partial charge on any atom is -0.382 e. The van der Waals surface area contributed by atoms with E-state index in [1.54, 1.807) is 11.8 Å². The summed E-state index contributed by atoms with van der Waals surface area (Å²) in [5.74, 6) is 1.54. The van der Waals surface area contributed by atoms with E-state index < -0.39 is 0 Å². The zero-order valence-electron chi connectivity index (χ0n) is 9.94. The first-order valence-corrected chi connectivity index (χ1v) is 6.89. The average Bonchev–Trinajstić information content (AvgIpc) is 2.73. The van der Waals surface area contributed by atoms with E-state index in [2.05, 4.69) is 26.9 Å². The van der Waals surface area contributed by atoms with Crippen molar-refractivity contribution in [3.05, 3.63) is 6.33 Å². The highest BCUT2D eigenvalue weighted by Gasteiger charge is 2.07. The van der Waals surface area contributed by atoms with Gasteiger partial charge in [0.05, 0.1) is 0 Å². The lowest BCUT2D eigenvalue weighted by Crippen LogP contribution is -1.91. The lowest BCUT2D eigenvalue weighted by Gasteiger charge is -1.97. The molecule has 0 aliphatic heterocycles. The summed E-state index contributed by atoms with van der Waals surface area (Å²) in [4.78, 5) is 15.5. The third-order valence-corrected chi connectivity index (χ3v) is 3.49. The van der Waals surface area contributed by atoms with Crippen LogP contribution in [0.2, 0.25) is 0 Å². The topological polar surface area (TPSA) is 80.5 Å². The fourth-order valence-electron chi connectivity index (χ4n) is 1.59. The van der Waals surface area contributed by atoms with Crippen LogP contribution in [0, 0.1) is 0 Å². The smallest absolute Gasteiger partial charge is 0.183 e. The summed E-state index contributed by atoms with van der Waals surface area (Å²) in [7, 11) is 0. The second kappa shape index (κ2) is 5.86. The lowest BCUT2D eigenvalue weighted by atomic mass is 10.2. The van der Waals surface area contributed by atoms with Gasteiger partial charge in [0.2, 0.25) is 0 Å². The molecule has 3 N–H and O–H groups in total. The number of aromatic nitrogens is 4. The zero-order valence-corrected chi connectivity index (χ0v) is 10.8. The molecule has 2 aromatic heterocycles. The number of thioether (sulfide) groups is 1. The third-order valence-electron chi connectivity index (χ3n) is 2.53. The van der Waals surface area contributed by atoms with Crippen LogP contribution in [0.25, 0.3) is 11.2 Å². The van der Waals surface area contributed by atoms with Gasteiger partial charge in [0.25, 0.3) is 0 Å². The molecule has 2 heterocycles. The Labute approximate surface area is 105 Å². The molecule has 0 spiro atoms. The van der Waals surface area contributed by atoms with E-state index in [1.165, 1.54) is 32.0 Å². The SMILES string of the molecule is CCCCCCSc1nc2ncnc(N)c2[nH]1. The fourth-order valence-corrected chi connectivity index (χ4v) is 2.46. The number of rotatable bonds is 6. The number of nitrogens with two attached hydrogens (primary N) is 1. The minimum absolute atomic E-state index is 0.459. The molecule has 2 aromatic rings. The van der Waals surface area contributed by atoms with Crippen molar-refractivity contribution < 1.29 is 0 Å². The summed E-state index contributed by atoms with van der Waals surface area (Å²) in [5, 5.41) is 0.878. The first-order chi connectivity index (χ1) is 8.31. The number of aromatic amines is 1. The average molecular weight is 251 g/mol. The predicted octanol–water partition coefficient (Wildman–Crippen LogP) is 2.61. The first kappa shape index (κ1) is 12.2. The maximum Gasteiger partial charge on any atom is 0.183 e. The molecule has 6 heteroatoms. The van der Waals surface area contributed by atoms with Crippen LogP contribution >= 0.6 is 11.8 Å². The Hall–Kier alpha value is -1.30. The molecular formula is C11H17N5S. The summed E-state index contributed by atoms with van der Waals surface area (Å²) in [6.07, 6.45) is 6.51. The minimum atomic E-state index is 0.459. The lowest BCUT2D eigenvalue weighted by molar-refractivity contribution is 0.706. The van der Waals surface area contributed by atoms with Crippen LogP contribution in [0.15, 0.2) is 11.5 Å². The van der Waals surface area contributed by atoms with Crippen molar-refractivity contribution >= 4 is 28.7 Å². The molecule has 0 saturated heterocycles. The van der Waals surface area contributed by atoms with Crippen molar-refractivity contribution in [2.24, 2.45) is 0 Å². The van der Waals surface area contributed by atoms with Gasteiger partial charge >= 0.3 is 0 Å². The second-order valence-corrected chi connectivity index (χ2v) is 4.99. The van der Waals surface area contributed by atoms with Crippen LogP contribution in [0.5, 0.6) is 0 Å². The standard InChI is InChI=1S/C11H17N5S/c1-2-3-4-5-6-17-11-15-8-9(12)13-7-14-10(8)16-11/h7H,2-6H2,1H3,(H3,12,13,14,15,16). The highest BCUT2D eigenvalue weighted by molar-refractivity contribution is 7.99. The molecule has 0 atom stereocenters. The van der Waals surface area contributed by atoms with Crippen molar-refractivity contribution in [1.82, 2.24) is 19.9 Å². The number of unbranched alkanes of at least 4 members (excludes halogenated alkanes) is 3. The fraction of sp³-hybridized carbons (Fsp3) is 0.545. The molecule has 5 nitrogen and oxygen atoms in total. The molecule has 0 saturated carbocycles. The molecule has 0 aliphatic carbocycles. The predicted molar refractivity (Wildman–Crippen MR) is 71.0 cm³/mol. The third kappa shape index (κ3) is 3.09. The van der Waals surface area contributed by atoms with E-state index in [4.69, 9.17) is 5.73 Å². The molecule has 0 amide bonds. The van der Waals surface area contributed by atoms with Crippen LogP contribution in [-0.4, -0.2) is 25.7 Å². The van der Waals surface area contributed by atoms with Gasteiger partial charge in [-0.05, 0) is 6.42 Å². The number of imidazole rings is 1. The summed E-state index contributed by atoms with van der Waals surface area (Å²) in [6.45, 7) is 2.22. The quantitative estimate of drug-likeness (QED) is 0.609. The Morgan fingerprint density at radius 3 is 2.94 bits per heavy atom. The summed E-state index contributed by atoms with van der Waals surface area (Å²) >= 11 is 1.72. The molecule has 0 fully saturated rings. The number of anilines is 1. The van der Waals surface area contributed by atoms with Crippen molar-refractivity contribution in [2.45, 2.75) is 37.8 Å². The zero-order chi connectivity index (χ0) is 12.1. The van der Waals surface area contributed by atoms with Gasteiger partial charge in [-0.25, -0.2) is 15.0 Å². The van der Waals surface area contributed by atoms with E-state index >= 15 is 0 Å². The van der Waals surface area contributed by atoms with E-state index in [9.17, 15) is 0 Å². The number of H-pyrrole nitrogens is 1. The molecule has 17 heavy (non-hydrogen) atoms. The van der Waals surface area contributed by atoms with Crippen LogP contribution in [0.4, 0.5) is 5.82 Å². The van der Waals surface area contributed by atoms with Crippen molar-refractivity contribution in [2.75, 3.05) is 11.5 Å². The Morgan fingerprint density at radius 1 is 1.29 bits per heavy atom. The Morgan fingerprint density at radius 2 is 2.18 bits per heavy atom. The van der Waals surface area contributed by atoms with Gasteiger partial charge in [0.1, 0.15) is 11.8 Å². The highest BCUT2D eigenvalue weighted by Crippen LogP contribution is 2.21. The Kier molecular flexibility index (Phi) is 4.19. The van der Waals surface area contributed by atoms with Crippen LogP contribution in [0.3, 0.4) is 0 Å². The van der Waals surface area contributed by atoms with Crippen molar-refractivity contribution in [3.8, 4) is 0 Å². The van der Waals surface area contributed by atoms with Gasteiger partial charge < -0.3 is 10.7 Å². The highest BCUT2D eigenvalue weighted by atomic mass is 32.2. The van der Waals surface area contributed by atoms with Gasteiger partial charge in [-0.2, -0.15) is 0 Å². The van der Waals surface area contributed by atoms with Gasteiger partial charge in [-0.1, -0.05) is 37.9 Å². The molecule has 0 aromatic carbocycles. The summed E-state index contributed by atoms with van der Waals surface area (Å²) in [5.41, 5.74) is 7.12. The van der Waals surface area contributed by atoms with Gasteiger partial charge in [0.15, 0.2) is 16.6 Å². The van der Waals surface area contributed by atoms with Gasteiger partial charge in [0, 0.05) is 5.75 Å². The number of nitrogen functional groups attached to an aromatic ring is 1. The Bertz CT molecular complexity index is 482. The number of nitrogens with zero attached hydrogens (tertiary/aromatic N) is 3. The van der Waals surface area contributed by atoms with E-state index in [0.717, 1.165) is 16.4 Å². The van der Waals surface area contributed by atoms with E-state index in [1.807, 2.05) is 0 Å². The van der Waals surface area contributed by atoms with Crippen LogP contribution in [0.1, 0.15) is 32.6 Å². The Balaban J connectivity index is 1.93. The van der Waals surface area contributed by atoms with Crippen LogP contribution < -0.4 is 5.73 Å². The monoisotopic (exact) mass is 251 g/mol. The van der Waals surface area contributed by atoms with E-state index in [-0.39, 0.29) is 0 Å². The largest absolute Gasteiger partial charge is 0.382 e.